The molecule has 0 saturated carbocycles. The molecular formula is C15H21N3O2S. The van der Waals surface area contributed by atoms with Gasteiger partial charge in [-0.2, -0.15) is 0 Å². The molecule has 0 spiro atoms. The smallest absolute Gasteiger partial charge is 0.237 e. The van der Waals surface area contributed by atoms with Crippen molar-refractivity contribution in [1.82, 2.24) is 15.5 Å². The van der Waals surface area contributed by atoms with E-state index in [4.69, 9.17) is 0 Å². The van der Waals surface area contributed by atoms with E-state index in [1.807, 2.05) is 6.26 Å². The van der Waals surface area contributed by atoms with E-state index in [1.165, 1.54) is 4.90 Å². The molecule has 2 N–H and O–H groups in total. The van der Waals surface area contributed by atoms with Crippen LogP contribution in [0.3, 0.4) is 0 Å². The molecule has 6 heteroatoms. The summed E-state index contributed by atoms with van der Waals surface area (Å²) in [4.78, 5) is 26.9. The van der Waals surface area contributed by atoms with Gasteiger partial charge in [0.2, 0.25) is 11.8 Å². The lowest BCUT2D eigenvalue weighted by Crippen LogP contribution is -2.55. The molecule has 114 valence electrons. The molecule has 0 aliphatic carbocycles. The number of nitrogens with zero attached hydrogens (tertiary/aromatic N) is 1. The predicted octanol–water partition coefficient (Wildman–Crippen LogP) is 0.845. The minimum Gasteiger partial charge on any atom is -0.359 e. The molecule has 21 heavy (non-hydrogen) atoms. The Morgan fingerprint density at radius 1 is 1.43 bits per heavy atom. The van der Waals surface area contributed by atoms with Gasteiger partial charge in [-0.25, -0.2) is 0 Å². The molecule has 0 unspecified atom stereocenters. The standard InChI is InChI=1S/C15H21N3O2S/c1-16-14(19)9-13-15(20)17-7-8-18(13)10-11-3-5-12(21-2)6-4-11/h3-6,13H,7-10H2,1-2H3,(H,16,19)(H,17,20)/t13-/m0/s1. The largest absolute Gasteiger partial charge is 0.359 e. The van der Waals surface area contributed by atoms with Gasteiger partial charge in [0.05, 0.1) is 12.5 Å². The van der Waals surface area contributed by atoms with Crippen LogP contribution in [-0.4, -0.2) is 49.1 Å². The second-order valence-corrected chi connectivity index (χ2v) is 5.88. The third kappa shape index (κ3) is 4.22. The number of hydrogen-bond donors (Lipinski definition) is 2. The first kappa shape index (κ1) is 15.9. The minimum atomic E-state index is -0.390. The van der Waals surface area contributed by atoms with Crippen molar-refractivity contribution in [3.63, 3.8) is 0 Å². The Bertz CT molecular complexity index is 504. The molecule has 1 aliphatic rings. The Morgan fingerprint density at radius 2 is 2.14 bits per heavy atom. The van der Waals surface area contributed by atoms with E-state index in [-0.39, 0.29) is 24.3 Å². The summed E-state index contributed by atoms with van der Waals surface area (Å²) >= 11 is 1.71. The Kier molecular flexibility index (Phi) is 5.64. The third-order valence-corrected chi connectivity index (χ3v) is 4.39. The molecule has 0 bridgehead atoms. The Labute approximate surface area is 129 Å². The van der Waals surface area contributed by atoms with Crippen LogP contribution in [0.2, 0.25) is 0 Å². The van der Waals surface area contributed by atoms with Crippen molar-refractivity contribution >= 4 is 23.6 Å². The topological polar surface area (TPSA) is 61.4 Å². The van der Waals surface area contributed by atoms with E-state index in [9.17, 15) is 9.59 Å². The number of nitrogens with one attached hydrogen (secondary N) is 2. The molecule has 1 atom stereocenters. The second-order valence-electron chi connectivity index (χ2n) is 5.00. The number of carbonyl (C=O) groups excluding carboxylic acids is 2. The van der Waals surface area contributed by atoms with Gasteiger partial charge in [-0.15, -0.1) is 11.8 Å². The van der Waals surface area contributed by atoms with Crippen molar-refractivity contribution in [2.75, 3.05) is 26.4 Å². The molecule has 5 nitrogen and oxygen atoms in total. The first-order valence-electron chi connectivity index (χ1n) is 6.99. The number of benzene rings is 1. The van der Waals surface area contributed by atoms with E-state index >= 15 is 0 Å². The number of hydrogen-bond acceptors (Lipinski definition) is 4. The highest BCUT2D eigenvalue weighted by Gasteiger charge is 2.31. The van der Waals surface area contributed by atoms with Crippen molar-refractivity contribution < 1.29 is 9.59 Å². The Hall–Kier alpha value is -1.53. The minimum absolute atomic E-state index is 0.0643. The summed E-state index contributed by atoms with van der Waals surface area (Å²) in [5.41, 5.74) is 1.16. The molecule has 1 fully saturated rings. The number of carbonyl (C=O) groups is 2. The zero-order valence-corrected chi connectivity index (χ0v) is 13.2. The predicted molar refractivity (Wildman–Crippen MR) is 84.1 cm³/mol. The number of thioether (sulfide) groups is 1. The quantitative estimate of drug-likeness (QED) is 0.792. The fourth-order valence-corrected chi connectivity index (χ4v) is 2.82. The van der Waals surface area contributed by atoms with Gasteiger partial charge in [0.15, 0.2) is 0 Å². The zero-order chi connectivity index (χ0) is 15.2. The monoisotopic (exact) mass is 307 g/mol. The fraction of sp³-hybridized carbons (Fsp3) is 0.467. The summed E-state index contributed by atoms with van der Waals surface area (Å²) in [6.45, 7) is 2.08. The Balaban J connectivity index is 2.06. The number of piperazine rings is 1. The maximum absolute atomic E-state index is 12.0. The third-order valence-electron chi connectivity index (χ3n) is 3.64. The van der Waals surface area contributed by atoms with E-state index in [1.54, 1.807) is 18.8 Å². The number of rotatable bonds is 5. The van der Waals surface area contributed by atoms with Crippen LogP contribution in [0.5, 0.6) is 0 Å². The van der Waals surface area contributed by atoms with Crippen LogP contribution in [0, 0.1) is 0 Å². The molecule has 1 saturated heterocycles. The molecule has 2 rings (SSSR count). The van der Waals surface area contributed by atoms with Gasteiger partial charge in [0.1, 0.15) is 0 Å². The van der Waals surface area contributed by atoms with Crippen molar-refractivity contribution in [3.05, 3.63) is 29.8 Å². The van der Waals surface area contributed by atoms with Gasteiger partial charge in [-0.3, -0.25) is 14.5 Å². The summed E-state index contributed by atoms with van der Waals surface area (Å²) < 4.78 is 0. The van der Waals surface area contributed by atoms with Gasteiger partial charge >= 0.3 is 0 Å². The van der Waals surface area contributed by atoms with Gasteiger partial charge in [0.25, 0.3) is 0 Å². The molecular weight excluding hydrogens is 286 g/mol. The average molecular weight is 307 g/mol. The van der Waals surface area contributed by atoms with Crippen LogP contribution in [0.25, 0.3) is 0 Å². The lowest BCUT2D eigenvalue weighted by Gasteiger charge is -2.34. The van der Waals surface area contributed by atoms with Crippen molar-refractivity contribution in [2.24, 2.45) is 0 Å². The molecule has 1 aromatic carbocycles. The first-order chi connectivity index (χ1) is 10.1. The lowest BCUT2D eigenvalue weighted by molar-refractivity contribution is -0.134. The van der Waals surface area contributed by atoms with Gasteiger partial charge in [-0.05, 0) is 24.0 Å². The van der Waals surface area contributed by atoms with Crippen LogP contribution in [0.15, 0.2) is 29.2 Å². The van der Waals surface area contributed by atoms with Gasteiger partial charge < -0.3 is 10.6 Å². The molecule has 1 aliphatic heterocycles. The summed E-state index contributed by atoms with van der Waals surface area (Å²) in [7, 11) is 1.59. The molecule has 0 radical (unpaired) electrons. The SMILES string of the molecule is CNC(=O)C[C@H]1C(=O)NCCN1Cc1ccc(SC)cc1. The molecule has 1 aromatic rings. The summed E-state index contributed by atoms with van der Waals surface area (Å²) in [5, 5.41) is 5.42. The number of amides is 2. The zero-order valence-electron chi connectivity index (χ0n) is 12.4. The second kappa shape index (κ2) is 7.47. The van der Waals surface area contributed by atoms with Gasteiger partial charge in [0, 0.05) is 31.6 Å². The van der Waals surface area contributed by atoms with E-state index in [2.05, 4.69) is 39.8 Å². The van der Waals surface area contributed by atoms with E-state index < -0.39 is 0 Å². The summed E-state index contributed by atoms with van der Waals surface area (Å²) in [6, 6.07) is 7.93. The van der Waals surface area contributed by atoms with Crippen molar-refractivity contribution in [2.45, 2.75) is 23.9 Å². The van der Waals surface area contributed by atoms with Crippen LogP contribution >= 0.6 is 11.8 Å². The Morgan fingerprint density at radius 3 is 2.76 bits per heavy atom. The van der Waals surface area contributed by atoms with Crippen LogP contribution < -0.4 is 10.6 Å². The maximum Gasteiger partial charge on any atom is 0.237 e. The highest BCUT2D eigenvalue weighted by molar-refractivity contribution is 7.98. The normalized spacial score (nSPS) is 19.1. The van der Waals surface area contributed by atoms with Crippen molar-refractivity contribution in [3.8, 4) is 0 Å². The highest BCUT2D eigenvalue weighted by atomic mass is 32.2. The van der Waals surface area contributed by atoms with Crippen molar-refractivity contribution in [1.29, 1.82) is 0 Å². The molecule has 2 amide bonds. The molecule has 0 aromatic heterocycles. The molecule has 1 heterocycles. The van der Waals surface area contributed by atoms with Gasteiger partial charge in [-0.1, -0.05) is 12.1 Å². The van der Waals surface area contributed by atoms with E-state index in [0.717, 1.165) is 12.1 Å². The highest BCUT2D eigenvalue weighted by Crippen LogP contribution is 2.18. The summed E-state index contributed by atoms with van der Waals surface area (Å²) in [6.07, 6.45) is 2.24. The summed E-state index contributed by atoms with van der Waals surface area (Å²) in [5.74, 6) is -0.176. The fourth-order valence-electron chi connectivity index (χ4n) is 2.42. The average Bonchev–Trinajstić information content (AvgIpc) is 2.51. The van der Waals surface area contributed by atoms with Crippen LogP contribution in [-0.2, 0) is 16.1 Å². The first-order valence-corrected chi connectivity index (χ1v) is 8.21. The lowest BCUT2D eigenvalue weighted by atomic mass is 10.1. The van der Waals surface area contributed by atoms with Crippen LogP contribution in [0.4, 0.5) is 0 Å². The maximum atomic E-state index is 12.0. The van der Waals surface area contributed by atoms with Crippen LogP contribution in [0.1, 0.15) is 12.0 Å². The van der Waals surface area contributed by atoms with E-state index in [0.29, 0.717) is 13.1 Å².